The molecule has 0 fully saturated rings. The third-order valence-corrected chi connectivity index (χ3v) is 5.43. The number of hydrogen-bond donors (Lipinski definition) is 2. The SMILES string of the molecule is Cc1noc(C)c1C(=O)Nc1ccc(S(=O)(=O)Nc2ccc(Cl)cc2)cc1. The number of amides is 1. The molecule has 140 valence electrons. The number of benzene rings is 2. The number of sulfonamides is 1. The number of aromatic nitrogens is 1. The molecule has 0 unspecified atom stereocenters. The molecule has 27 heavy (non-hydrogen) atoms. The van der Waals surface area contributed by atoms with Crippen LogP contribution in [0.25, 0.3) is 0 Å². The van der Waals surface area contributed by atoms with E-state index in [4.69, 9.17) is 16.1 Å². The van der Waals surface area contributed by atoms with Gasteiger partial charge in [0.15, 0.2) is 0 Å². The molecule has 0 bridgehead atoms. The Labute approximate surface area is 161 Å². The van der Waals surface area contributed by atoms with E-state index >= 15 is 0 Å². The number of nitrogens with one attached hydrogen (secondary N) is 2. The van der Waals surface area contributed by atoms with Gasteiger partial charge in [-0.15, -0.1) is 0 Å². The van der Waals surface area contributed by atoms with Crippen LogP contribution in [0.2, 0.25) is 5.02 Å². The summed E-state index contributed by atoms with van der Waals surface area (Å²) in [7, 11) is -3.76. The van der Waals surface area contributed by atoms with E-state index in [1.165, 1.54) is 24.3 Å². The highest BCUT2D eigenvalue weighted by molar-refractivity contribution is 7.92. The summed E-state index contributed by atoms with van der Waals surface area (Å²) >= 11 is 5.79. The van der Waals surface area contributed by atoms with Crippen LogP contribution >= 0.6 is 11.6 Å². The fourth-order valence-corrected chi connectivity index (χ4v) is 3.63. The third kappa shape index (κ3) is 4.29. The van der Waals surface area contributed by atoms with Crippen molar-refractivity contribution >= 4 is 38.9 Å². The van der Waals surface area contributed by atoms with Gasteiger partial charge in [0.1, 0.15) is 11.3 Å². The van der Waals surface area contributed by atoms with Crippen molar-refractivity contribution in [2.75, 3.05) is 10.0 Å². The first-order valence-corrected chi connectivity index (χ1v) is 9.75. The Morgan fingerprint density at radius 2 is 1.59 bits per heavy atom. The molecule has 1 aromatic heterocycles. The summed E-state index contributed by atoms with van der Waals surface area (Å²) in [4.78, 5) is 12.4. The highest BCUT2D eigenvalue weighted by Crippen LogP contribution is 2.21. The summed E-state index contributed by atoms with van der Waals surface area (Å²) in [5, 5.41) is 6.94. The first-order valence-electron chi connectivity index (χ1n) is 7.89. The molecule has 0 saturated heterocycles. The molecular formula is C18H16ClN3O4S. The summed E-state index contributed by atoms with van der Waals surface area (Å²) in [6, 6.07) is 12.1. The molecule has 9 heteroatoms. The van der Waals surface area contributed by atoms with Gasteiger partial charge in [0.05, 0.1) is 10.6 Å². The topological polar surface area (TPSA) is 101 Å². The number of carbonyl (C=O) groups is 1. The lowest BCUT2D eigenvalue weighted by molar-refractivity contribution is 0.102. The van der Waals surface area contributed by atoms with Crippen molar-refractivity contribution in [1.29, 1.82) is 0 Å². The summed E-state index contributed by atoms with van der Waals surface area (Å²) in [6.45, 7) is 3.32. The average Bonchev–Trinajstić information content (AvgIpc) is 2.96. The van der Waals surface area contributed by atoms with E-state index in [1.807, 2.05) is 0 Å². The molecule has 0 saturated carbocycles. The molecule has 3 rings (SSSR count). The lowest BCUT2D eigenvalue weighted by atomic mass is 10.2. The van der Waals surface area contributed by atoms with Gasteiger partial charge >= 0.3 is 0 Å². The zero-order chi connectivity index (χ0) is 19.6. The van der Waals surface area contributed by atoms with Crippen molar-refractivity contribution in [1.82, 2.24) is 5.16 Å². The molecule has 0 aliphatic heterocycles. The monoisotopic (exact) mass is 405 g/mol. The second-order valence-corrected chi connectivity index (χ2v) is 7.91. The van der Waals surface area contributed by atoms with Gasteiger partial charge < -0.3 is 9.84 Å². The predicted molar refractivity (Wildman–Crippen MR) is 103 cm³/mol. The molecule has 7 nitrogen and oxygen atoms in total. The van der Waals surface area contributed by atoms with Gasteiger partial charge in [0.2, 0.25) is 0 Å². The third-order valence-electron chi connectivity index (χ3n) is 3.78. The van der Waals surface area contributed by atoms with Crippen molar-refractivity contribution in [2.45, 2.75) is 18.7 Å². The Kier molecular flexibility index (Phi) is 5.20. The number of carbonyl (C=O) groups excluding carboxylic acids is 1. The van der Waals surface area contributed by atoms with E-state index in [1.54, 1.807) is 38.1 Å². The summed E-state index contributed by atoms with van der Waals surface area (Å²) in [6.07, 6.45) is 0. The summed E-state index contributed by atoms with van der Waals surface area (Å²) in [5.41, 5.74) is 1.69. The molecule has 0 aliphatic carbocycles. The van der Waals surface area contributed by atoms with Crippen molar-refractivity contribution in [3.05, 3.63) is 70.6 Å². The molecule has 1 heterocycles. The van der Waals surface area contributed by atoms with E-state index in [-0.39, 0.29) is 10.8 Å². The Morgan fingerprint density at radius 3 is 2.15 bits per heavy atom. The van der Waals surface area contributed by atoms with Gasteiger partial charge in [-0.1, -0.05) is 16.8 Å². The lowest BCUT2D eigenvalue weighted by Crippen LogP contribution is -2.15. The number of nitrogens with zero attached hydrogens (tertiary/aromatic N) is 1. The maximum atomic E-state index is 12.4. The van der Waals surface area contributed by atoms with Crippen molar-refractivity contribution < 1.29 is 17.7 Å². The van der Waals surface area contributed by atoms with Gasteiger partial charge in [0.25, 0.3) is 15.9 Å². The van der Waals surface area contributed by atoms with Gasteiger partial charge in [-0.25, -0.2) is 8.42 Å². The minimum atomic E-state index is -3.76. The molecule has 2 N–H and O–H groups in total. The largest absolute Gasteiger partial charge is 0.361 e. The fourth-order valence-electron chi connectivity index (χ4n) is 2.45. The molecule has 0 aliphatic rings. The van der Waals surface area contributed by atoms with Gasteiger partial charge in [-0.2, -0.15) is 0 Å². The molecule has 0 spiro atoms. The van der Waals surface area contributed by atoms with Crippen molar-refractivity contribution in [3.63, 3.8) is 0 Å². The quantitative estimate of drug-likeness (QED) is 0.668. The first-order chi connectivity index (χ1) is 12.8. The number of rotatable bonds is 5. The van der Waals surface area contributed by atoms with Crippen molar-refractivity contribution in [3.8, 4) is 0 Å². The van der Waals surface area contributed by atoms with Crippen LogP contribution in [0.1, 0.15) is 21.8 Å². The van der Waals surface area contributed by atoms with Crippen LogP contribution in [0, 0.1) is 13.8 Å². The predicted octanol–water partition coefficient (Wildman–Crippen LogP) is 4.00. The van der Waals surface area contributed by atoms with Crippen LogP contribution in [0.15, 0.2) is 57.9 Å². The van der Waals surface area contributed by atoms with Crippen molar-refractivity contribution in [2.24, 2.45) is 0 Å². The second-order valence-electron chi connectivity index (χ2n) is 5.79. The van der Waals surface area contributed by atoms with E-state index in [9.17, 15) is 13.2 Å². The fraction of sp³-hybridized carbons (Fsp3) is 0.111. The molecule has 1 amide bonds. The Balaban J connectivity index is 1.74. The second kappa shape index (κ2) is 7.42. The van der Waals surface area contributed by atoms with E-state index < -0.39 is 10.0 Å². The van der Waals surface area contributed by atoms with E-state index in [0.29, 0.717) is 33.4 Å². The summed E-state index contributed by atoms with van der Waals surface area (Å²) in [5.74, 6) is 0.0394. The molecule has 0 radical (unpaired) electrons. The highest BCUT2D eigenvalue weighted by Gasteiger charge is 2.18. The zero-order valence-electron chi connectivity index (χ0n) is 14.5. The number of hydrogen-bond acceptors (Lipinski definition) is 5. The maximum Gasteiger partial charge on any atom is 0.261 e. The smallest absolute Gasteiger partial charge is 0.261 e. The standard InChI is InChI=1S/C18H16ClN3O4S/c1-11-17(12(2)26-21-11)18(23)20-14-7-9-16(10-8-14)27(24,25)22-15-5-3-13(19)4-6-15/h3-10,22H,1-2H3,(H,20,23). The average molecular weight is 406 g/mol. The Morgan fingerprint density at radius 1 is 1.00 bits per heavy atom. The highest BCUT2D eigenvalue weighted by atomic mass is 35.5. The number of anilines is 2. The van der Waals surface area contributed by atoms with Crippen LogP contribution in [0.3, 0.4) is 0 Å². The minimum absolute atomic E-state index is 0.0628. The molecular weight excluding hydrogens is 390 g/mol. The molecule has 0 atom stereocenters. The zero-order valence-corrected chi connectivity index (χ0v) is 16.1. The molecule has 2 aromatic carbocycles. The van der Waals surface area contributed by atoms with Gasteiger partial charge in [-0.3, -0.25) is 9.52 Å². The van der Waals surface area contributed by atoms with Crippen LogP contribution in [0.4, 0.5) is 11.4 Å². The Hall–Kier alpha value is -2.84. The number of aryl methyl sites for hydroxylation is 2. The lowest BCUT2D eigenvalue weighted by Gasteiger charge is -2.09. The van der Waals surface area contributed by atoms with Crippen LogP contribution < -0.4 is 10.0 Å². The first kappa shape index (κ1) is 18.9. The van der Waals surface area contributed by atoms with Crippen LogP contribution in [-0.4, -0.2) is 19.5 Å². The van der Waals surface area contributed by atoms with Gasteiger partial charge in [-0.05, 0) is 62.4 Å². The Bertz CT molecular complexity index is 1060. The normalized spacial score (nSPS) is 11.2. The van der Waals surface area contributed by atoms with Gasteiger partial charge in [0, 0.05) is 16.4 Å². The van der Waals surface area contributed by atoms with E-state index in [0.717, 1.165) is 0 Å². The van der Waals surface area contributed by atoms with E-state index in [2.05, 4.69) is 15.2 Å². The summed E-state index contributed by atoms with van der Waals surface area (Å²) < 4.78 is 32.3. The molecule has 3 aromatic rings. The number of halogens is 1. The minimum Gasteiger partial charge on any atom is -0.361 e. The maximum absolute atomic E-state index is 12.4. The van der Waals surface area contributed by atoms with Crippen LogP contribution in [0.5, 0.6) is 0 Å². The van der Waals surface area contributed by atoms with Crippen LogP contribution in [-0.2, 0) is 10.0 Å².